The van der Waals surface area contributed by atoms with Crippen molar-refractivity contribution in [2.45, 2.75) is 18.9 Å². The van der Waals surface area contributed by atoms with E-state index in [1.54, 1.807) is 30.3 Å². The van der Waals surface area contributed by atoms with Gasteiger partial charge < -0.3 is 20.1 Å². The summed E-state index contributed by atoms with van der Waals surface area (Å²) in [6, 6.07) is 13.2. The summed E-state index contributed by atoms with van der Waals surface area (Å²) in [4.78, 5) is 34.7. The molecule has 0 unspecified atom stereocenters. The highest BCUT2D eigenvalue weighted by atomic mass is 16.5. The molecular formula is C19H18O7. The average molecular weight is 358 g/mol. The highest BCUT2D eigenvalue weighted by molar-refractivity contribution is 6.02. The van der Waals surface area contributed by atoms with Gasteiger partial charge in [0.05, 0.1) is 5.56 Å². The topological polar surface area (TPSA) is 121 Å². The molecular weight excluding hydrogens is 340 g/mol. The largest absolute Gasteiger partial charge is 0.479 e. The SMILES string of the molecule is CCOC(Cc1ccc(-c2ccccc2)c(C(=O)O)c1)(C(=O)O)C(=O)O. The second kappa shape index (κ2) is 7.79. The van der Waals surface area contributed by atoms with Crippen LogP contribution in [0.25, 0.3) is 11.1 Å². The van der Waals surface area contributed by atoms with Crippen molar-refractivity contribution in [2.75, 3.05) is 6.61 Å². The first kappa shape index (κ1) is 19.1. The lowest BCUT2D eigenvalue weighted by Crippen LogP contribution is -2.51. The molecule has 7 heteroatoms. The number of benzene rings is 2. The molecule has 26 heavy (non-hydrogen) atoms. The van der Waals surface area contributed by atoms with Crippen LogP contribution in [0.2, 0.25) is 0 Å². The van der Waals surface area contributed by atoms with Gasteiger partial charge in [0.15, 0.2) is 0 Å². The predicted molar refractivity (Wildman–Crippen MR) is 92.2 cm³/mol. The number of carbonyl (C=O) groups is 3. The molecule has 0 atom stereocenters. The molecule has 0 aliphatic rings. The lowest BCUT2D eigenvalue weighted by molar-refractivity contribution is -0.182. The molecule has 0 bridgehead atoms. The Bertz CT molecular complexity index is 813. The van der Waals surface area contributed by atoms with Crippen molar-refractivity contribution in [3.05, 3.63) is 59.7 Å². The Labute approximate surface area is 149 Å². The Morgan fingerprint density at radius 3 is 2.08 bits per heavy atom. The van der Waals surface area contributed by atoms with Gasteiger partial charge in [-0.2, -0.15) is 0 Å². The average Bonchev–Trinajstić information content (AvgIpc) is 2.61. The summed E-state index contributed by atoms with van der Waals surface area (Å²) >= 11 is 0. The highest BCUT2D eigenvalue weighted by Gasteiger charge is 2.48. The number of ether oxygens (including phenoxy) is 1. The fourth-order valence-corrected chi connectivity index (χ4v) is 2.70. The van der Waals surface area contributed by atoms with Crippen molar-refractivity contribution in [1.29, 1.82) is 0 Å². The van der Waals surface area contributed by atoms with E-state index < -0.39 is 29.9 Å². The van der Waals surface area contributed by atoms with Gasteiger partial charge in [0, 0.05) is 13.0 Å². The minimum Gasteiger partial charge on any atom is -0.479 e. The summed E-state index contributed by atoms with van der Waals surface area (Å²) in [5.41, 5.74) is -1.15. The number of rotatable bonds is 8. The third-order valence-electron chi connectivity index (χ3n) is 3.93. The van der Waals surface area contributed by atoms with Gasteiger partial charge in [-0.3, -0.25) is 0 Å². The first-order valence-corrected chi connectivity index (χ1v) is 7.84. The second-order valence-electron chi connectivity index (χ2n) is 5.60. The normalized spacial score (nSPS) is 11.1. The Balaban J connectivity index is 2.51. The maximum absolute atomic E-state index is 11.6. The van der Waals surface area contributed by atoms with E-state index in [2.05, 4.69) is 0 Å². The molecule has 136 valence electrons. The van der Waals surface area contributed by atoms with Crippen molar-refractivity contribution in [1.82, 2.24) is 0 Å². The minimum absolute atomic E-state index is 0.0464. The summed E-state index contributed by atoms with van der Waals surface area (Å²) in [5.74, 6) is -4.48. The second-order valence-corrected chi connectivity index (χ2v) is 5.60. The molecule has 0 aliphatic heterocycles. The zero-order valence-electron chi connectivity index (χ0n) is 14.0. The van der Waals surface area contributed by atoms with Crippen LogP contribution in [0.5, 0.6) is 0 Å². The molecule has 3 N–H and O–H groups in total. The maximum atomic E-state index is 11.6. The molecule has 0 heterocycles. The third kappa shape index (κ3) is 3.73. The van der Waals surface area contributed by atoms with Crippen LogP contribution in [-0.2, 0) is 20.7 Å². The van der Waals surface area contributed by atoms with E-state index >= 15 is 0 Å². The van der Waals surface area contributed by atoms with E-state index in [1.165, 1.54) is 25.1 Å². The molecule has 2 rings (SSSR count). The van der Waals surface area contributed by atoms with E-state index in [9.17, 15) is 29.7 Å². The van der Waals surface area contributed by atoms with Crippen LogP contribution in [-0.4, -0.2) is 45.4 Å². The molecule has 7 nitrogen and oxygen atoms in total. The van der Waals surface area contributed by atoms with Gasteiger partial charge in [-0.25, -0.2) is 14.4 Å². The zero-order chi connectivity index (χ0) is 19.3. The summed E-state index contributed by atoms with van der Waals surface area (Å²) in [7, 11) is 0. The first-order valence-electron chi connectivity index (χ1n) is 7.84. The van der Waals surface area contributed by atoms with Crippen LogP contribution >= 0.6 is 0 Å². The predicted octanol–water partition coefficient (Wildman–Crippen LogP) is 2.54. The molecule has 2 aromatic rings. The van der Waals surface area contributed by atoms with Crippen LogP contribution in [0.15, 0.2) is 48.5 Å². The molecule has 0 amide bonds. The molecule has 0 fully saturated rings. The Kier molecular flexibility index (Phi) is 5.74. The summed E-state index contributed by atoms with van der Waals surface area (Å²) in [5, 5.41) is 28.3. The van der Waals surface area contributed by atoms with Crippen LogP contribution in [0.1, 0.15) is 22.8 Å². The van der Waals surface area contributed by atoms with Crippen molar-refractivity contribution in [3.63, 3.8) is 0 Å². The maximum Gasteiger partial charge on any atom is 0.348 e. The van der Waals surface area contributed by atoms with Crippen LogP contribution in [0, 0.1) is 0 Å². The number of carboxylic acid groups (broad SMARTS) is 3. The van der Waals surface area contributed by atoms with Crippen molar-refractivity contribution >= 4 is 17.9 Å². The fraction of sp³-hybridized carbons (Fsp3) is 0.211. The highest BCUT2D eigenvalue weighted by Crippen LogP contribution is 2.27. The summed E-state index contributed by atoms with van der Waals surface area (Å²) in [6.07, 6.45) is -0.499. The van der Waals surface area contributed by atoms with Gasteiger partial charge in [0.1, 0.15) is 0 Å². The molecule has 0 aliphatic carbocycles. The Morgan fingerprint density at radius 2 is 1.58 bits per heavy atom. The van der Waals surface area contributed by atoms with Gasteiger partial charge >= 0.3 is 17.9 Å². The molecule has 0 spiro atoms. The van der Waals surface area contributed by atoms with Crippen molar-refractivity contribution in [2.24, 2.45) is 0 Å². The Morgan fingerprint density at radius 1 is 0.962 bits per heavy atom. The number of hydrogen-bond acceptors (Lipinski definition) is 4. The molecule has 0 radical (unpaired) electrons. The van der Waals surface area contributed by atoms with E-state index in [0.29, 0.717) is 11.1 Å². The van der Waals surface area contributed by atoms with Gasteiger partial charge in [-0.05, 0) is 29.7 Å². The molecule has 2 aromatic carbocycles. The smallest absolute Gasteiger partial charge is 0.348 e. The summed E-state index contributed by atoms with van der Waals surface area (Å²) < 4.78 is 5.03. The van der Waals surface area contributed by atoms with Gasteiger partial charge in [0.2, 0.25) is 0 Å². The van der Waals surface area contributed by atoms with E-state index in [1.807, 2.05) is 0 Å². The summed E-state index contributed by atoms with van der Waals surface area (Å²) in [6.45, 7) is 1.37. The first-order chi connectivity index (χ1) is 12.3. The number of aromatic carboxylic acids is 1. The lowest BCUT2D eigenvalue weighted by atomic mass is 9.90. The van der Waals surface area contributed by atoms with Crippen LogP contribution in [0.4, 0.5) is 0 Å². The van der Waals surface area contributed by atoms with Gasteiger partial charge in [-0.1, -0.05) is 42.5 Å². The van der Waals surface area contributed by atoms with Gasteiger partial charge in [-0.15, -0.1) is 0 Å². The Hall–Kier alpha value is -3.19. The van der Waals surface area contributed by atoms with E-state index in [-0.39, 0.29) is 17.7 Å². The number of carboxylic acids is 3. The van der Waals surface area contributed by atoms with E-state index in [0.717, 1.165) is 0 Å². The van der Waals surface area contributed by atoms with Crippen molar-refractivity contribution in [3.8, 4) is 11.1 Å². The standard InChI is InChI=1S/C19H18O7/c1-2-26-19(17(22)23,18(24)25)11-12-8-9-14(15(10-12)16(20)21)13-6-4-3-5-7-13/h3-10H,2,11H2,1H3,(H,20,21)(H,22,23)(H,24,25). The molecule has 0 saturated heterocycles. The van der Waals surface area contributed by atoms with Crippen molar-refractivity contribution < 1.29 is 34.4 Å². The number of aliphatic carboxylic acids is 2. The monoisotopic (exact) mass is 358 g/mol. The van der Waals surface area contributed by atoms with E-state index in [4.69, 9.17) is 4.74 Å². The van der Waals surface area contributed by atoms with Crippen LogP contribution in [0.3, 0.4) is 0 Å². The lowest BCUT2D eigenvalue weighted by Gasteiger charge is -2.25. The van der Waals surface area contributed by atoms with Gasteiger partial charge in [0.25, 0.3) is 5.60 Å². The zero-order valence-corrected chi connectivity index (χ0v) is 14.0. The molecule has 0 saturated carbocycles. The quantitative estimate of drug-likeness (QED) is 0.620. The number of hydrogen-bond donors (Lipinski definition) is 3. The fourth-order valence-electron chi connectivity index (χ4n) is 2.70. The minimum atomic E-state index is -2.47. The van der Waals surface area contributed by atoms with Crippen LogP contribution < -0.4 is 0 Å². The third-order valence-corrected chi connectivity index (χ3v) is 3.93. The molecule has 0 aromatic heterocycles.